The van der Waals surface area contributed by atoms with Crippen molar-refractivity contribution in [1.82, 2.24) is 4.57 Å². The fourth-order valence-electron chi connectivity index (χ4n) is 2.67. The summed E-state index contributed by atoms with van der Waals surface area (Å²) in [6.45, 7) is -0.480. The summed E-state index contributed by atoms with van der Waals surface area (Å²) in [7, 11) is 0. The lowest BCUT2D eigenvalue weighted by molar-refractivity contribution is -0.163. The van der Waals surface area contributed by atoms with Crippen molar-refractivity contribution < 1.29 is 13.2 Å². The summed E-state index contributed by atoms with van der Waals surface area (Å²) in [4.78, 5) is 0. The highest BCUT2D eigenvalue weighted by molar-refractivity contribution is 6.08. The molecular formula is C15H13F3N2. The monoisotopic (exact) mass is 278 g/mol. The molecule has 0 amide bonds. The predicted octanol–water partition coefficient (Wildman–Crippen LogP) is 3.86. The van der Waals surface area contributed by atoms with E-state index in [0.29, 0.717) is 11.0 Å². The lowest BCUT2D eigenvalue weighted by Crippen LogP contribution is -2.32. The molecule has 3 rings (SSSR count). The molecule has 20 heavy (non-hydrogen) atoms. The zero-order valence-corrected chi connectivity index (χ0v) is 10.6. The molecule has 2 nitrogen and oxygen atoms in total. The normalized spacial score (nSPS) is 14.0. The van der Waals surface area contributed by atoms with Gasteiger partial charge in [0.1, 0.15) is 6.04 Å². The second-order valence-electron chi connectivity index (χ2n) is 4.70. The van der Waals surface area contributed by atoms with E-state index in [4.69, 9.17) is 5.73 Å². The average molecular weight is 278 g/mol. The van der Waals surface area contributed by atoms with Crippen LogP contribution >= 0.6 is 0 Å². The van der Waals surface area contributed by atoms with Crippen molar-refractivity contribution in [2.75, 3.05) is 6.54 Å². The van der Waals surface area contributed by atoms with Crippen molar-refractivity contribution in [3.63, 3.8) is 0 Å². The first-order valence-electron chi connectivity index (χ1n) is 6.28. The van der Waals surface area contributed by atoms with Crippen molar-refractivity contribution in [2.45, 2.75) is 12.2 Å². The fourth-order valence-corrected chi connectivity index (χ4v) is 2.67. The van der Waals surface area contributed by atoms with Gasteiger partial charge in [0.05, 0.1) is 0 Å². The number of rotatable bonds is 2. The molecule has 1 unspecified atom stereocenters. The van der Waals surface area contributed by atoms with Crippen LogP contribution in [0.3, 0.4) is 0 Å². The Kier molecular flexibility index (Phi) is 2.94. The fraction of sp³-hybridized carbons (Fsp3) is 0.200. The molecule has 1 atom stereocenters. The van der Waals surface area contributed by atoms with Crippen LogP contribution in [-0.2, 0) is 0 Å². The van der Waals surface area contributed by atoms with Gasteiger partial charge in [-0.1, -0.05) is 36.4 Å². The lowest BCUT2D eigenvalue weighted by atomic mass is 10.2. The topological polar surface area (TPSA) is 30.9 Å². The third-order valence-corrected chi connectivity index (χ3v) is 3.53. The number of halogens is 3. The van der Waals surface area contributed by atoms with Crippen molar-refractivity contribution in [1.29, 1.82) is 0 Å². The van der Waals surface area contributed by atoms with Crippen LogP contribution in [0.4, 0.5) is 13.2 Å². The number of nitrogens with zero attached hydrogens (tertiary/aromatic N) is 1. The van der Waals surface area contributed by atoms with E-state index < -0.39 is 18.8 Å². The summed E-state index contributed by atoms with van der Waals surface area (Å²) >= 11 is 0. The Morgan fingerprint density at radius 1 is 0.900 bits per heavy atom. The van der Waals surface area contributed by atoms with Gasteiger partial charge in [0.15, 0.2) is 0 Å². The second-order valence-corrected chi connectivity index (χ2v) is 4.70. The molecule has 1 heterocycles. The largest absolute Gasteiger partial charge is 0.410 e. The van der Waals surface area contributed by atoms with Crippen LogP contribution < -0.4 is 5.73 Å². The Morgan fingerprint density at radius 3 is 1.75 bits per heavy atom. The molecule has 2 N–H and O–H groups in total. The van der Waals surface area contributed by atoms with E-state index in [1.165, 1.54) is 4.57 Å². The molecule has 104 valence electrons. The van der Waals surface area contributed by atoms with Gasteiger partial charge in [-0.2, -0.15) is 13.2 Å². The number of nitrogens with two attached hydrogens (primary N) is 1. The van der Waals surface area contributed by atoms with Gasteiger partial charge in [-0.05, 0) is 12.1 Å². The van der Waals surface area contributed by atoms with Gasteiger partial charge in [-0.25, -0.2) is 0 Å². The molecule has 1 aromatic heterocycles. The maximum atomic E-state index is 13.2. The molecule has 0 saturated carbocycles. The minimum absolute atomic E-state index is 0.480. The third-order valence-electron chi connectivity index (χ3n) is 3.53. The summed E-state index contributed by atoms with van der Waals surface area (Å²) in [6, 6.07) is 12.5. The minimum Gasteiger partial charge on any atom is -0.328 e. The van der Waals surface area contributed by atoms with Gasteiger partial charge in [-0.15, -0.1) is 0 Å². The summed E-state index contributed by atoms with van der Waals surface area (Å²) in [5, 5.41) is 1.62. The van der Waals surface area contributed by atoms with E-state index in [1.54, 1.807) is 24.3 Å². The number of benzene rings is 2. The molecular weight excluding hydrogens is 265 g/mol. The molecule has 2 aromatic carbocycles. The Bertz CT molecular complexity index is 705. The van der Waals surface area contributed by atoms with Crippen molar-refractivity contribution in [2.24, 2.45) is 5.73 Å². The van der Waals surface area contributed by atoms with Crippen LogP contribution in [-0.4, -0.2) is 17.3 Å². The summed E-state index contributed by atoms with van der Waals surface area (Å²) < 4.78 is 41.0. The van der Waals surface area contributed by atoms with Crippen LogP contribution in [0.5, 0.6) is 0 Å². The SMILES string of the molecule is NCC(n1c2ccccc2c2ccccc21)C(F)(F)F. The van der Waals surface area contributed by atoms with Crippen LogP contribution in [0.25, 0.3) is 21.8 Å². The Hall–Kier alpha value is -2.01. The quantitative estimate of drug-likeness (QED) is 0.758. The van der Waals surface area contributed by atoms with Gasteiger partial charge in [0.25, 0.3) is 0 Å². The summed E-state index contributed by atoms with van der Waals surface area (Å²) in [6.07, 6.45) is -4.38. The van der Waals surface area contributed by atoms with Crippen LogP contribution in [0, 0.1) is 0 Å². The molecule has 0 fully saturated rings. The number of aromatic nitrogens is 1. The van der Waals surface area contributed by atoms with Gasteiger partial charge in [0, 0.05) is 28.4 Å². The molecule has 3 aromatic rings. The van der Waals surface area contributed by atoms with Crippen molar-refractivity contribution in [3.8, 4) is 0 Å². The number of fused-ring (bicyclic) bond motifs is 3. The van der Waals surface area contributed by atoms with E-state index in [9.17, 15) is 13.2 Å². The highest BCUT2D eigenvalue weighted by Crippen LogP contribution is 2.37. The number of alkyl halides is 3. The van der Waals surface area contributed by atoms with E-state index in [0.717, 1.165) is 10.8 Å². The van der Waals surface area contributed by atoms with Gasteiger partial charge in [0.2, 0.25) is 0 Å². The Morgan fingerprint density at radius 2 is 1.35 bits per heavy atom. The van der Waals surface area contributed by atoms with Crippen LogP contribution in [0.1, 0.15) is 6.04 Å². The summed E-state index contributed by atoms with van der Waals surface area (Å²) in [5.74, 6) is 0. The van der Waals surface area contributed by atoms with Gasteiger partial charge >= 0.3 is 6.18 Å². The molecule has 0 aliphatic carbocycles. The van der Waals surface area contributed by atoms with Crippen LogP contribution in [0.2, 0.25) is 0 Å². The highest BCUT2D eigenvalue weighted by atomic mass is 19.4. The van der Waals surface area contributed by atoms with E-state index in [1.807, 2.05) is 24.3 Å². The average Bonchev–Trinajstić information content (AvgIpc) is 2.74. The third kappa shape index (κ3) is 1.86. The van der Waals surface area contributed by atoms with E-state index in [2.05, 4.69) is 0 Å². The molecule has 0 aliphatic rings. The van der Waals surface area contributed by atoms with Crippen molar-refractivity contribution >= 4 is 21.8 Å². The standard InChI is InChI=1S/C15H13F3N2/c16-15(17,18)14(9-19)20-12-7-3-1-5-10(12)11-6-2-4-8-13(11)20/h1-8,14H,9,19H2. The molecule has 0 spiro atoms. The maximum Gasteiger partial charge on any atom is 0.410 e. The molecule has 0 radical (unpaired) electrons. The zero-order chi connectivity index (χ0) is 14.3. The second kappa shape index (κ2) is 4.52. The smallest absolute Gasteiger partial charge is 0.328 e. The molecule has 0 bridgehead atoms. The van der Waals surface area contributed by atoms with Crippen molar-refractivity contribution in [3.05, 3.63) is 48.5 Å². The van der Waals surface area contributed by atoms with Gasteiger partial charge in [-0.3, -0.25) is 0 Å². The molecule has 0 saturated heterocycles. The predicted molar refractivity (Wildman–Crippen MR) is 73.6 cm³/mol. The number of hydrogen-bond donors (Lipinski definition) is 1. The summed E-state index contributed by atoms with van der Waals surface area (Å²) in [5.41, 5.74) is 6.51. The molecule has 5 heteroatoms. The Balaban J connectivity index is 2.43. The minimum atomic E-state index is -4.38. The maximum absolute atomic E-state index is 13.2. The first-order chi connectivity index (χ1) is 9.54. The lowest BCUT2D eigenvalue weighted by Gasteiger charge is -2.22. The Labute approximate surface area is 113 Å². The van der Waals surface area contributed by atoms with Gasteiger partial charge < -0.3 is 10.3 Å². The number of hydrogen-bond acceptors (Lipinski definition) is 1. The number of para-hydroxylation sites is 2. The first-order valence-corrected chi connectivity index (χ1v) is 6.28. The zero-order valence-electron chi connectivity index (χ0n) is 10.6. The van der Waals surface area contributed by atoms with E-state index >= 15 is 0 Å². The highest BCUT2D eigenvalue weighted by Gasteiger charge is 2.41. The molecule has 0 aliphatic heterocycles. The van der Waals surface area contributed by atoms with Crippen LogP contribution in [0.15, 0.2) is 48.5 Å². The van der Waals surface area contributed by atoms with E-state index in [-0.39, 0.29) is 0 Å². The first kappa shape index (κ1) is 13.0.